The van der Waals surface area contributed by atoms with Crippen molar-refractivity contribution < 1.29 is 4.21 Å². The van der Waals surface area contributed by atoms with Gasteiger partial charge in [-0.3, -0.25) is 4.21 Å². The fourth-order valence-corrected chi connectivity index (χ4v) is 9.31. The standard InChI is InChI=1S/C15H24OS2/c16-18-3-1-2-17-14(18)10-15-7-11-4-12(8-15)6-13(5-11)9-15/h11-14H,1-10H2/t11?,12?,13?,14-,15?,18+/m1/s1. The lowest BCUT2D eigenvalue weighted by atomic mass is 9.49. The summed E-state index contributed by atoms with van der Waals surface area (Å²) in [6, 6.07) is 0. The van der Waals surface area contributed by atoms with Gasteiger partial charge >= 0.3 is 0 Å². The zero-order valence-electron chi connectivity index (χ0n) is 11.1. The van der Waals surface area contributed by atoms with Crippen LogP contribution in [0.15, 0.2) is 0 Å². The van der Waals surface area contributed by atoms with Gasteiger partial charge in [0.05, 0.1) is 4.58 Å². The smallest absolute Gasteiger partial charge is 0.0806 e. The highest BCUT2D eigenvalue weighted by molar-refractivity contribution is 8.11. The molecule has 0 aromatic heterocycles. The van der Waals surface area contributed by atoms with E-state index < -0.39 is 10.8 Å². The van der Waals surface area contributed by atoms with Gasteiger partial charge in [0, 0.05) is 16.6 Å². The zero-order chi connectivity index (χ0) is 12.2. The van der Waals surface area contributed by atoms with Crippen molar-refractivity contribution in [3.63, 3.8) is 0 Å². The molecule has 4 bridgehead atoms. The van der Waals surface area contributed by atoms with Crippen LogP contribution in [-0.2, 0) is 10.8 Å². The quantitative estimate of drug-likeness (QED) is 0.767. The maximum absolute atomic E-state index is 12.2. The largest absolute Gasteiger partial charge is 0.258 e. The maximum atomic E-state index is 12.2. The molecule has 4 saturated carbocycles. The molecule has 0 aromatic rings. The summed E-state index contributed by atoms with van der Waals surface area (Å²) >= 11 is 2.02. The molecule has 0 radical (unpaired) electrons. The van der Waals surface area contributed by atoms with Crippen LogP contribution in [0.2, 0.25) is 0 Å². The number of hydrogen-bond acceptors (Lipinski definition) is 2. The second-order valence-electron chi connectivity index (χ2n) is 7.36. The van der Waals surface area contributed by atoms with Crippen molar-refractivity contribution in [2.24, 2.45) is 23.2 Å². The lowest BCUT2D eigenvalue weighted by molar-refractivity contribution is -0.0549. The molecule has 0 unspecified atom stereocenters. The minimum absolute atomic E-state index is 0.481. The fourth-order valence-electron chi connectivity index (χ4n) is 5.67. The third-order valence-corrected chi connectivity index (χ3v) is 9.41. The van der Waals surface area contributed by atoms with Crippen LogP contribution in [0, 0.1) is 23.2 Å². The van der Waals surface area contributed by atoms with E-state index in [9.17, 15) is 4.21 Å². The van der Waals surface area contributed by atoms with Gasteiger partial charge in [-0.1, -0.05) is 0 Å². The molecule has 1 aliphatic heterocycles. The molecular weight excluding hydrogens is 260 g/mol. The van der Waals surface area contributed by atoms with Crippen LogP contribution in [0.1, 0.15) is 51.4 Å². The predicted octanol–water partition coefficient (Wildman–Crippen LogP) is 3.80. The van der Waals surface area contributed by atoms with Gasteiger partial charge in [-0.2, -0.15) is 0 Å². The van der Waals surface area contributed by atoms with Crippen molar-refractivity contribution in [2.45, 2.75) is 55.9 Å². The van der Waals surface area contributed by atoms with Crippen LogP contribution < -0.4 is 0 Å². The summed E-state index contributed by atoms with van der Waals surface area (Å²) in [6.45, 7) is 0. The predicted molar refractivity (Wildman–Crippen MR) is 79.1 cm³/mol. The van der Waals surface area contributed by atoms with Crippen molar-refractivity contribution in [2.75, 3.05) is 11.5 Å². The van der Waals surface area contributed by atoms with Gasteiger partial charge < -0.3 is 0 Å². The molecule has 1 saturated heterocycles. The number of thioether (sulfide) groups is 1. The molecule has 5 rings (SSSR count). The van der Waals surface area contributed by atoms with Gasteiger partial charge in [0.2, 0.25) is 0 Å². The zero-order valence-corrected chi connectivity index (χ0v) is 12.7. The van der Waals surface area contributed by atoms with Crippen molar-refractivity contribution in [3.8, 4) is 0 Å². The molecule has 2 atom stereocenters. The molecule has 0 aromatic carbocycles. The van der Waals surface area contributed by atoms with Crippen LogP contribution in [0.25, 0.3) is 0 Å². The molecule has 1 nitrogen and oxygen atoms in total. The molecule has 0 N–H and O–H groups in total. The first-order valence-corrected chi connectivity index (χ1v) is 10.1. The monoisotopic (exact) mass is 284 g/mol. The average molecular weight is 284 g/mol. The van der Waals surface area contributed by atoms with E-state index in [-0.39, 0.29) is 0 Å². The second kappa shape index (κ2) is 4.51. The molecule has 5 aliphatic rings. The van der Waals surface area contributed by atoms with Crippen LogP contribution in [-0.4, -0.2) is 20.3 Å². The molecular formula is C15H24OS2. The molecule has 4 aliphatic carbocycles. The third-order valence-electron chi connectivity index (χ3n) is 5.85. The van der Waals surface area contributed by atoms with Gasteiger partial charge in [0.15, 0.2) is 0 Å². The van der Waals surface area contributed by atoms with E-state index in [1.54, 1.807) is 0 Å². The Hall–Kier alpha value is 0.500. The first-order chi connectivity index (χ1) is 8.72. The van der Waals surface area contributed by atoms with Crippen LogP contribution >= 0.6 is 11.8 Å². The molecule has 3 heteroatoms. The van der Waals surface area contributed by atoms with Crippen LogP contribution in [0.5, 0.6) is 0 Å². The van der Waals surface area contributed by atoms with Crippen molar-refractivity contribution in [3.05, 3.63) is 0 Å². The van der Waals surface area contributed by atoms with Gasteiger partial charge in [-0.15, -0.1) is 11.8 Å². The van der Waals surface area contributed by atoms with E-state index in [0.29, 0.717) is 10.00 Å². The highest BCUT2D eigenvalue weighted by Crippen LogP contribution is 2.62. The Morgan fingerprint density at radius 1 is 1.06 bits per heavy atom. The van der Waals surface area contributed by atoms with Gasteiger partial charge in [-0.25, -0.2) is 0 Å². The highest BCUT2D eigenvalue weighted by atomic mass is 32.2. The molecule has 1 heterocycles. The summed E-state index contributed by atoms with van der Waals surface area (Å²) in [5, 5.41) is 0. The first kappa shape index (κ1) is 12.3. The maximum Gasteiger partial charge on any atom is 0.0806 e. The second-order valence-corrected chi connectivity index (χ2v) is 10.7. The summed E-state index contributed by atoms with van der Waals surface area (Å²) in [5.41, 5.74) is 0.624. The Morgan fingerprint density at radius 3 is 2.22 bits per heavy atom. The topological polar surface area (TPSA) is 17.1 Å². The van der Waals surface area contributed by atoms with E-state index in [0.717, 1.165) is 23.5 Å². The fraction of sp³-hybridized carbons (Fsp3) is 1.00. The first-order valence-electron chi connectivity index (χ1n) is 7.71. The van der Waals surface area contributed by atoms with E-state index >= 15 is 0 Å². The van der Waals surface area contributed by atoms with E-state index in [1.807, 2.05) is 11.8 Å². The Balaban J connectivity index is 1.51. The Bertz CT molecular complexity index is 330. The summed E-state index contributed by atoms with van der Waals surface area (Å²) < 4.78 is 12.7. The minimum atomic E-state index is -0.528. The van der Waals surface area contributed by atoms with Gasteiger partial charge in [-0.05, 0) is 80.3 Å². The lowest BCUT2D eigenvalue weighted by Crippen LogP contribution is -2.47. The summed E-state index contributed by atoms with van der Waals surface area (Å²) in [5.74, 6) is 5.35. The summed E-state index contributed by atoms with van der Waals surface area (Å²) in [7, 11) is -0.528. The van der Waals surface area contributed by atoms with E-state index in [1.165, 1.54) is 57.1 Å². The highest BCUT2D eigenvalue weighted by Gasteiger charge is 2.51. The van der Waals surface area contributed by atoms with Crippen LogP contribution in [0.4, 0.5) is 0 Å². The summed E-state index contributed by atoms with van der Waals surface area (Å²) in [4.78, 5) is 0. The Labute approximate surface area is 117 Å². The number of rotatable bonds is 2. The van der Waals surface area contributed by atoms with Gasteiger partial charge in [0.25, 0.3) is 0 Å². The SMILES string of the molecule is O=[S@]1CCCS[C@H]1CC12CC3CC(CC(C3)C1)C2. The van der Waals surface area contributed by atoms with Gasteiger partial charge in [0.1, 0.15) is 0 Å². The summed E-state index contributed by atoms with van der Waals surface area (Å²) in [6.07, 6.45) is 11.5. The van der Waals surface area contributed by atoms with Crippen molar-refractivity contribution in [1.82, 2.24) is 0 Å². The normalized spacial score (nSPS) is 54.8. The molecule has 102 valence electrons. The molecule has 0 spiro atoms. The minimum Gasteiger partial charge on any atom is -0.258 e. The molecule has 0 amide bonds. The third kappa shape index (κ3) is 2.09. The van der Waals surface area contributed by atoms with E-state index in [4.69, 9.17) is 0 Å². The Morgan fingerprint density at radius 2 is 1.67 bits per heavy atom. The van der Waals surface area contributed by atoms with E-state index in [2.05, 4.69) is 0 Å². The number of hydrogen-bond donors (Lipinski definition) is 0. The van der Waals surface area contributed by atoms with Crippen molar-refractivity contribution in [1.29, 1.82) is 0 Å². The molecule has 18 heavy (non-hydrogen) atoms. The average Bonchev–Trinajstić information content (AvgIpc) is 2.30. The molecule has 5 fully saturated rings. The Kier molecular flexibility index (Phi) is 3.07. The van der Waals surface area contributed by atoms with Crippen molar-refractivity contribution >= 4 is 22.6 Å². The van der Waals surface area contributed by atoms with Crippen LogP contribution in [0.3, 0.4) is 0 Å². The lowest BCUT2D eigenvalue weighted by Gasteiger charge is -2.57.